The van der Waals surface area contributed by atoms with Crippen molar-refractivity contribution in [2.45, 2.75) is 396 Å². The maximum atomic E-state index is 13.3. The maximum absolute atomic E-state index is 13.3. The molecule has 0 aromatic rings. The fraction of sp³-hybridized carbons (Fsp3) is 0.929. The summed E-state index contributed by atoms with van der Waals surface area (Å²) in [6, 6.07) is -0.929. The first-order valence-electron chi connectivity index (χ1n) is 35.6. The van der Waals surface area contributed by atoms with Crippen molar-refractivity contribution in [3.63, 3.8) is 0 Å². The normalized spacial score (nSPS) is 23.7. The number of unbranched alkanes of at least 4 members (excludes halogenated alkanes) is 44. The van der Waals surface area contributed by atoms with Gasteiger partial charge in [0.25, 0.3) is 0 Å². The van der Waals surface area contributed by atoms with Gasteiger partial charge in [-0.1, -0.05) is 308 Å². The van der Waals surface area contributed by atoms with Crippen molar-refractivity contribution in [3.05, 3.63) is 24.3 Å². The van der Waals surface area contributed by atoms with Crippen LogP contribution in [0, 0.1) is 0 Å². The molecule has 2 heterocycles. The summed E-state index contributed by atoms with van der Waals surface area (Å²) >= 11 is 0. The van der Waals surface area contributed by atoms with E-state index in [0.29, 0.717) is 12.8 Å². The molecule has 84 heavy (non-hydrogen) atoms. The molecular formula is C70H133NO13. The number of rotatable bonds is 59. The average Bonchev–Trinajstić information content (AvgIpc) is 3.64. The third kappa shape index (κ3) is 39.5. The highest BCUT2D eigenvalue weighted by Gasteiger charge is 2.51. The van der Waals surface area contributed by atoms with Crippen LogP contribution < -0.4 is 5.32 Å². The fourth-order valence-corrected chi connectivity index (χ4v) is 12.0. The third-order valence-electron chi connectivity index (χ3n) is 17.6. The molecular weight excluding hydrogens is 1060 g/mol. The fourth-order valence-electron chi connectivity index (χ4n) is 12.0. The van der Waals surface area contributed by atoms with E-state index in [-0.39, 0.29) is 18.9 Å². The lowest BCUT2D eigenvalue weighted by Crippen LogP contribution is -2.65. The number of hydrogen-bond acceptors (Lipinski definition) is 13. The van der Waals surface area contributed by atoms with E-state index in [1.54, 1.807) is 6.08 Å². The molecule has 496 valence electrons. The number of nitrogens with one attached hydrogen (secondary N) is 1. The zero-order valence-electron chi connectivity index (χ0n) is 53.9. The van der Waals surface area contributed by atoms with Crippen LogP contribution in [0.1, 0.15) is 322 Å². The Hall–Kier alpha value is -1.53. The van der Waals surface area contributed by atoms with E-state index >= 15 is 0 Å². The predicted molar refractivity (Wildman–Crippen MR) is 342 cm³/mol. The predicted octanol–water partition coefficient (Wildman–Crippen LogP) is 14.3. The van der Waals surface area contributed by atoms with Crippen molar-refractivity contribution in [2.75, 3.05) is 19.8 Å². The van der Waals surface area contributed by atoms with Gasteiger partial charge in [0.05, 0.1) is 32.0 Å². The minimum absolute atomic E-state index is 0.242. The number of hydrogen-bond donors (Lipinski definition) is 9. The Labute approximate surface area is 513 Å². The van der Waals surface area contributed by atoms with Crippen molar-refractivity contribution in [2.24, 2.45) is 0 Å². The zero-order valence-corrected chi connectivity index (χ0v) is 53.9. The van der Waals surface area contributed by atoms with Crippen LogP contribution in [0.25, 0.3) is 0 Å². The van der Waals surface area contributed by atoms with Gasteiger partial charge >= 0.3 is 0 Å². The highest BCUT2D eigenvalue weighted by Crippen LogP contribution is 2.30. The molecule has 2 fully saturated rings. The van der Waals surface area contributed by atoms with E-state index in [9.17, 15) is 45.6 Å². The molecule has 1 amide bonds. The van der Waals surface area contributed by atoms with Gasteiger partial charge in [0.15, 0.2) is 12.6 Å². The van der Waals surface area contributed by atoms with E-state index < -0.39 is 86.8 Å². The lowest BCUT2D eigenvalue weighted by molar-refractivity contribution is -0.359. The quantitative estimate of drug-likeness (QED) is 0.0204. The molecule has 0 aliphatic carbocycles. The number of carbonyl (C=O) groups is 1. The topological polar surface area (TPSA) is 228 Å². The van der Waals surface area contributed by atoms with E-state index in [4.69, 9.17) is 18.9 Å². The highest BCUT2D eigenvalue weighted by atomic mass is 16.7. The SMILES string of the molecule is CCCCCCCCCCCCCCCCCCCCCCCCC/C=C/CC/C=C/C(O)C(COC1OC(CO)C(OC2OC(CO)C(O)C(O)C2O)C(O)C1O)NC(=O)CCCCCCCCCCCCCCCCCCCCCCC. The molecule has 14 heteroatoms. The molecule has 14 nitrogen and oxygen atoms in total. The summed E-state index contributed by atoms with van der Waals surface area (Å²) in [5.41, 5.74) is 0. The summed E-state index contributed by atoms with van der Waals surface area (Å²) in [4.78, 5) is 13.3. The molecule has 9 N–H and O–H groups in total. The van der Waals surface area contributed by atoms with Gasteiger partial charge in [-0.2, -0.15) is 0 Å². The molecule has 0 saturated carbocycles. The van der Waals surface area contributed by atoms with Gasteiger partial charge in [-0.25, -0.2) is 0 Å². The van der Waals surface area contributed by atoms with Crippen molar-refractivity contribution >= 4 is 5.91 Å². The number of carbonyl (C=O) groups excluding carboxylic acids is 1. The standard InChI is InChI=1S/C70H133NO13/c1-3-5-7-9-11-13-15-17-19-21-23-25-26-27-28-29-30-31-32-34-35-37-39-41-43-45-47-49-51-53-59(74)58(57-81-69-67(80)65(78)68(61(56-73)83-69)84-70-66(79)64(77)63(76)60(55-72)82-70)71-62(75)54-52-50-48-46-44-42-40-38-36-33-24-22-20-18-16-14-12-10-8-6-4-2/h43,45,51,53,58-61,63-70,72-74,76-80H,3-42,44,46-50,52,54-57H2,1-2H3,(H,71,75)/b45-43+,53-51+. The van der Waals surface area contributed by atoms with Crippen molar-refractivity contribution in [1.82, 2.24) is 5.32 Å². The van der Waals surface area contributed by atoms with Crippen LogP contribution in [0.3, 0.4) is 0 Å². The van der Waals surface area contributed by atoms with Gasteiger partial charge in [-0.15, -0.1) is 0 Å². The molecule has 12 atom stereocenters. The van der Waals surface area contributed by atoms with Gasteiger partial charge in [0, 0.05) is 6.42 Å². The smallest absolute Gasteiger partial charge is 0.220 e. The second-order valence-corrected chi connectivity index (χ2v) is 25.4. The lowest BCUT2D eigenvalue weighted by atomic mass is 9.97. The summed E-state index contributed by atoms with van der Waals surface area (Å²) < 4.78 is 22.8. The second kappa shape index (κ2) is 55.5. The minimum atomic E-state index is -1.79. The van der Waals surface area contributed by atoms with Crippen LogP contribution in [-0.2, 0) is 23.7 Å². The van der Waals surface area contributed by atoms with Gasteiger partial charge in [0.1, 0.15) is 48.8 Å². The van der Waals surface area contributed by atoms with Crippen LogP contribution in [0.2, 0.25) is 0 Å². The largest absolute Gasteiger partial charge is 0.394 e. The Morgan fingerprint density at radius 1 is 0.417 bits per heavy atom. The van der Waals surface area contributed by atoms with Crippen molar-refractivity contribution in [1.29, 1.82) is 0 Å². The molecule has 2 saturated heterocycles. The van der Waals surface area contributed by atoms with Crippen LogP contribution in [-0.4, -0.2) is 140 Å². The molecule has 0 spiro atoms. The van der Waals surface area contributed by atoms with Crippen LogP contribution in [0.15, 0.2) is 24.3 Å². The number of ether oxygens (including phenoxy) is 4. The Morgan fingerprint density at radius 2 is 0.762 bits per heavy atom. The summed E-state index contributed by atoms with van der Waals surface area (Å²) in [6.45, 7) is 2.84. The molecule has 0 radical (unpaired) electrons. The Balaban J connectivity index is 1.69. The highest BCUT2D eigenvalue weighted by molar-refractivity contribution is 5.76. The van der Waals surface area contributed by atoms with E-state index in [1.807, 2.05) is 6.08 Å². The van der Waals surface area contributed by atoms with Crippen LogP contribution in [0.5, 0.6) is 0 Å². The third-order valence-corrected chi connectivity index (χ3v) is 17.6. The maximum Gasteiger partial charge on any atom is 0.220 e. The monoisotopic (exact) mass is 1200 g/mol. The van der Waals surface area contributed by atoms with Crippen molar-refractivity contribution in [3.8, 4) is 0 Å². The second-order valence-electron chi connectivity index (χ2n) is 25.4. The first kappa shape index (κ1) is 78.6. The molecule has 0 aromatic heterocycles. The number of amides is 1. The molecule has 0 aromatic carbocycles. The van der Waals surface area contributed by atoms with Crippen molar-refractivity contribution < 1.29 is 64.6 Å². The Morgan fingerprint density at radius 3 is 1.17 bits per heavy atom. The summed E-state index contributed by atoms with van der Waals surface area (Å²) in [6.07, 6.45) is 52.4. The van der Waals surface area contributed by atoms with Crippen LogP contribution >= 0.6 is 0 Å². The zero-order chi connectivity index (χ0) is 60.9. The van der Waals surface area contributed by atoms with Crippen LogP contribution in [0.4, 0.5) is 0 Å². The first-order chi connectivity index (χ1) is 41.1. The number of allylic oxidation sites excluding steroid dienone is 3. The molecule has 0 bridgehead atoms. The molecule has 2 rings (SSSR count). The van der Waals surface area contributed by atoms with E-state index in [1.165, 1.54) is 257 Å². The first-order valence-corrected chi connectivity index (χ1v) is 35.6. The Kier molecular flexibility index (Phi) is 51.9. The van der Waals surface area contributed by atoms with Gasteiger partial charge in [-0.3, -0.25) is 4.79 Å². The van der Waals surface area contributed by atoms with E-state index in [0.717, 1.165) is 32.1 Å². The molecule has 12 unspecified atom stereocenters. The number of aliphatic hydroxyl groups is 8. The van der Waals surface area contributed by atoms with Gasteiger partial charge in [-0.05, 0) is 32.1 Å². The summed E-state index contributed by atoms with van der Waals surface area (Å²) in [7, 11) is 0. The summed E-state index contributed by atoms with van der Waals surface area (Å²) in [5.74, 6) is -0.242. The average molecular weight is 1200 g/mol. The van der Waals surface area contributed by atoms with Gasteiger partial charge < -0.3 is 65.1 Å². The molecule has 2 aliphatic heterocycles. The summed E-state index contributed by atoms with van der Waals surface area (Å²) in [5, 5.41) is 87.4. The molecule has 2 aliphatic rings. The lowest BCUT2D eigenvalue weighted by Gasteiger charge is -2.46. The minimum Gasteiger partial charge on any atom is -0.394 e. The van der Waals surface area contributed by atoms with E-state index in [2.05, 4.69) is 31.3 Å². The van der Waals surface area contributed by atoms with Gasteiger partial charge in [0.2, 0.25) is 5.91 Å². The number of aliphatic hydroxyl groups excluding tert-OH is 8. The Bertz CT molecular complexity index is 1500.